The molecule has 0 aromatic rings. The molecule has 0 aromatic carbocycles. The highest BCUT2D eigenvalue weighted by Gasteiger charge is 3.17. The molecule has 0 amide bonds. The lowest BCUT2D eigenvalue weighted by molar-refractivity contribution is -0.147. The lowest BCUT2D eigenvalue weighted by Gasteiger charge is -2.13. The second-order valence-corrected chi connectivity index (χ2v) is 5.55. The number of hydrogen-bond donors (Lipinski definition) is 0. The van der Waals surface area contributed by atoms with E-state index in [2.05, 4.69) is 6.92 Å². The van der Waals surface area contributed by atoms with Crippen LogP contribution in [0.25, 0.3) is 0 Å². The van der Waals surface area contributed by atoms with Crippen LogP contribution in [0.5, 0.6) is 0 Å². The van der Waals surface area contributed by atoms with Gasteiger partial charge in [-0.15, -0.1) is 0 Å². The van der Waals surface area contributed by atoms with E-state index in [9.17, 15) is 4.79 Å². The summed E-state index contributed by atoms with van der Waals surface area (Å²) in [5, 5.41) is 0. The van der Waals surface area contributed by atoms with E-state index in [1.54, 1.807) is 0 Å². The molecule has 4 aliphatic carbocycles. The van der Waals surface area contributed by atoms with E-state index in [1.807, 2.05) is 0 Å². The molecule has 6 atom stereocenters. The van der Waals surface area contributed by atoms with Crippen molar-refractivity contribution in [3.8, 4) is 0 Å². The fourth-order valence-electron chi connectivity index (χ4n) is 5.69. The molecule has 5 aliphatic rings. The van der Waals surface area contributed by atoms with Crippen molar-refractivity contribution in [3.05, 3.63) is 0 Å². The van der Waals surface area contributed by atoms with Crippen molar-refractivity contribution in [2.45, 2.75) is 25.9 Å². The van der Waals surface area contributed by atoms with E-state index in [1.165, 1.54) is 6.42 Å². The van der Waals surface area contributed by atoms with Crippen molar-refractivity contribution in [1.29, 1.82) is 0 Å². The fraction of sp³-hybridized carbons (Fsp3) is 0.900. The van der Waals surface area contributed by atoms with Crippen molar-refractivity contribution < 1.29 is 9.53 Å². The summed E-state index contributed by atoms with van der Waals surface area (Å²) < 4.78 is 5.38. The molecule has 0 radical (unpaired) electrons. The largest absolute Gasteiger partial charge is 0.461 e. The molecule has 62 valence electrons. The van der Waals surface area contributed by atoms with Gasteiger partial charge in [0.15, 0.2) is 0 Å². The van der Waals surface area contributed by atoms with Gasteiger partial charge in [0.1, 0.15) is 6.10 Å². The molecule has 1 aliphatic heterocycles. The number of rotatable bonds is 0. The summed E-state index contributed by atoms with van der Waals surface area (Å²) in [5.74, 6) is 1.37. The molecule has 1 heterocycles. The Kier molecular flexibility index (Phi) is 0.390. The minimum Gasteiger partial charge on any atom is -0.461 e. The molecule has 6 unspecified atom stereocenters. The van der Waals surface area contributed by atoms with Gasteiger partial charge in [-0.3, -0.25) is 4.79 Å². The van der Waals surface area contributed by atoms with E-state index >= 15 is 0 Å². The highest BCUT2D eigenvalue weighted by molar-refractivity contribution is 5.87. The first kappa shape index (κ1) is 5.25. The molecule has 0 aromatic heterocycles. The van der Waals surface area contributed by atoms with E-state index in [0.717, 1.165) is 12.3 Å². The predicted molar refractivity (Wildman–Crippen MR) is 39.1 cm³/mol. The van der Waals surface area contributed by atoms with Gasteiger partial charge in [0, 0.05) is 10.8 Å². The lowest BCUT2D eigenvalue weighted by atomic mass is 9.94. The van der Waals surface area contributed by atoms with E-state index in [-0.39, 0.29) is 5.97 Å². The van der Waals surface area contributed by atoms with Gasteiger partial charge in [0.2, 0.25) is 0 Å². The molecule has 2 nitrogen and oxygen atoms in total. The van der Waals surface area contributed by atoms with Crippen LogP contribution in [-0.2, 0) is 9.53 Å². The fourth-order valence-corrected chi connectivity index (χ4v) is 5.69. The van der Waals surface area contributed by atoms with Gasteiger partial charge in [-0.1, -0.05) is 6.92 Å². The van der Waals surface area contributed by atoms with Crippen molar-refractivity contribution in [1.82, 2.24) is 0 Å². The van der Waals surface area contributed by atoms with Gasteiger partial charge in [0.25, 0.3) is 0 Å². The normalized spacial score (nSPS) is 83.8. The van der Waals surface area contributed by atoms with Crippen LogP contribution in [0.2, 0.25) is 0 Å². The topological polar surface area (TPSA) is 26.3 Å². The Morgan fingerprint density at radius 1 is 1.58 bits per heavy atom. The Labute approximate surface area is 70.3 Å². The summed E-state index contributed by atoms with van der Waals surface area (Å²) in [6, 6.07) is 0. The zero-order chi connectivity index (χ0) is 7.93. The Morgan fingerprint density at radius 2 is 2.42 bits per heavy atom. The number of carbonyl (C=O) groups is 1. The van der Waals surface area contributed by atoms with Crippen molar-refractivity contribution in [2.75, 3.05) is 0 Å². The molecular formula is C10H10O2. The molecule has 2 spiro atoms. The highest BCUT2D eigenvalue weighted by atomic mass is 16.6. The minimum absolute atomic E-state index is 0.126. The molecular weight excluding hydrogens is 152 g/mol. The average Bonchev–Trinajstić information content (AvgIpc) is 2.88. The summed E-state index contributed by atoms with van der Waals surface area (Å²) in [4.78, 5) is 11.4. The summed E-state index contributed by atoms with van der Waals surface area (Å²) in [7, 11) is 0. The summed E-state index contributed by atoms with van der Waals surface area (Å²) in [5.41, 5.74) is 1.52. The Morgan fingerprint density at radius 3 is 3.17 bits per heavy atom. The first-order valence-corrected chi connectivity index (χ1v) is 4.92. The maximum atomic E-state index is 11.4. The second kappa shape index (κ2) is 0.891. The van der Waals surface area contributed by atoms with E-state index < -0.39 is 0 Å². The van der Waals surface area contributed by atoms with Gasteiger partial charge in [-0.25, -0.2) is 0 Å². The average molecular weight is 162 g/mol. The van der Waals surface area contributed by atoms with E-state index in [4.69, 9.17) is 4.74 Å². The van der Waals surface area contributed by atoms with Gasteiger partial charge in [0.05, 0.1) is 5.92 Å². The van der Waals surface area contributed by atoms with Crippen LogP contribution >= 0.6 is 0 Å². The third kappa shape index (κ3) is 0.180. The quantitative estimate of drug-likeness (QED) is 0.496. The maximum Gasteiger partial charge on any atom is 0.310 e. The third-order valence-electron chi connectivity index (χ3n) is 6.01. The number of esters is 1. The van der Waals surface area contributed by atoms with Gasteiger partial charge in [-0.2, -0.15) is 0 Å². The zero-order valence-electron chi connectivity index (χ0n) is 6.96. The Bertz CT molecular complexity index is 370. The number of fused-ring (bicyclic) bond motifs is 1. The van der Waals surface area contributed by atoms with Gasteiger partial charge < -0.3 is 4.74 Å². The molecule has 5 rings (SSSR count). The molecule has 1 saturated heterocycles. The Balaban J connectivity index is 1.85. The lowest BCUT2D eigenvalue weighted by Crippen LogP contribution is -2.18. The van der Waals surface area contributed by atoms with Gasteiger partial charge in [-0.05, 0) is 24.2 Å². The summed E-state index contributed by atoms with van der Waals surface area (Å²) >= 11 is 0. The first-order valence-electron chi connectivity index (χ1n) is 4.92. The first-order chi connectivity index (χ1) is 5.71. The Hall–Kier alpha value is -0.530. The second-order valence-electron chi connectivity index (χ2n) is 5.55. The standard InChI is InChI=1S/C10H10O2/c1-8-7-10(8)5(6(11)12-7)2-4-3-9(4,8)10/h4-5,7H,2-3H2,1H3. The van der Waals surface area contributed by atoms with Gasteiger partial charge >= 0.3 is 5.97 Å². The van der Waals surface area contributed by atoms with Crippen LogP contribution in [0.3, 0.4) is 0 Å². The van der Waals surface area contributed by atoms with Crippen molar-refractivity contribution in [2.24, 2.45) is 28.1 Å². The van der Waals surface area contributed by atoms with Crippen molar-refractivity contribution in [3.63, 3.8) is 0 Å². The molecule has 12 heavy (non-hydrogen) atoms. The number of hydrogen-bond acceptors (Lipinski definition) is 2. The van der Waals surface area contributed by atoms with Crippen LogP contribution in [0.15, 0.2) is 0 Å². The SMILES string of the molecule is CC12C3OC(=O)C4CC5CC51C432. The smallest absolute Gasteiger partial charge is 0.310 e. The summed E-state index contributed by atoms with van der Waals surface area (Å²) in [6.07, 6.45) is 2.92. The van der Waals surface area contributed by atoms with Crippen LogP contribution in [0, 0.1) is 28.1 Å². The molecule has 4 saturated carbocycles. The molecule has 0 bridgehead atoms. The zero-order valence-corrected chi connectivity index (χ0v) is 6.96. The monoisotopic (exact) mass is 162 g/mol. The van der Waals surface area contributed by atoms with E-state index in [0.29, 0.717) is 28.3 Å². The summed E-state index contributed by atoms with van der Waals surface area (Å²) in [6.45, 7) is 2.34. The molecule has 0 N–H and O–H groups in total. The molecule has 5 fully saturated rings. The highest BCUT2D eigenvalue weighted by Crippen LogP contribution is 3.14. The molecule has 2 heteroatoms. The van der Waals surface area contributed by atoms with Crippen LogP contribution in [-0.4, -0.2) is 12.1 Å². The third-order valence-corrected chi connectivity index (χ3v) is 6.01. The predicted octanol–water partition coefficient (Wildman–Crippen LogP) is 0.958. The number of carbonyl (C=O) groups excluding carboxylic acids is 1. The van der Waals surface area contributed by atoms with Crippen LogP contribution in [0.4, 0.5) is 0 Å². The minimum atomic E-state index is 0.126. The maximum absolute atomic E-state index is 11.4. The van der Waals surface area contributed by atoms with Crippen LogP contribution in [0.1, 0.15) is 19.8 Å². The van der Waals surface area contributed by atoms with Crippen molar-refractivity contribution >= 4 is 5.97 Å². The number of ether oxygens (including phenoxy) is 1. The van der Waals surface area contributed by atoms with Crippen LogP contribution < -0.4 is 0 Å².